The molecule has 10 aromatic rings. The van der Waals surface area contributed by atoms with E-state index in [2.05, 4.69) is 142 Å². The van der Waals surface area contributed by atoms with E-state index in [1.54, 1.807) is 0 Å². The topological polar surface area (TPSA) is 35.9 Å². The predicted octanol–water partition coefficient (Wildman–Crippen LogP) is 10.8. The minimum Gasteiger partial charge on any atom is -0.454 e. The third-order valence-corrected chi connectivity index (χ3v) is 9.21. The number of benzene rings is 6. The van der Waals surface area contributed by atoms with Crippen LogP contribution in [0.5, 0.6) is 0 Å². The monoisotopic (exact) mass is 575 g/mol. The number of hydrogen-bond acceptors (Lipinski definition) is 2. The van der Waals surface area contributed by atoms with Gasteiger partial charge in [-0.2, -0.15) is 0 Å². The normalized spacial score (nSPS) is 12.0. The molecule has 0 aliphatic heterocycles. The van der Waals surface area contributed by atoms with Crippen LogP contribution in [0.4, 0.5) is 0 Å². The van der Waals surface area contributed by atoms with Gasteiger partial charge in [-0.1, -0.05) is 78.9 Å². The number of aromatic nitrogens is 3. The largest absolute Gasteiger partial charge is 0.454 e. The minimum absolute atomic E-state index is 0.880. The van der Waals surface area contributed by atoms with Gasteiger partial charge in [0.1, 0.15) is 5.58 Å². The lowest BCUT2D eigenvalue weighted by Crippen LogP contribution is -1.94. The number of nitrogens with zero attached hydrogens (tertiary/aromatic N) is 3. The molecular weight excluding hydrogens is 550 g/mol. The van der Waals surface area contributed by atoms with E-state index in [4.69, 9.17) is 4.42 Å². The Morgan fingerprint density at radius 3 is 1.91 bits per heavy atom. The summed E-state index contributed by atoms with van der Waals surface area (Å²) in [7, 11) is 0. The molecule has 0 spiro atoms. The van der Waals surface area contributed by atoms with Crippen molar-refractivity contribution in [3.05, 3.63) is 152 Å². The van der Waals surface area contributed by atoms with Crippen LogP contribution in [0.15, 0.2) is 156 Å². The molecule has 45 heavy (non-hydrogen) atoms. The van der Waals surface area contributed by atoms with Gasteiger partial charge in [-0.15, -0.1) is 0 Å². The first-order valence-corrected chi connectivity index (χ1v) is 15.2. The summed E-state index contributed by atoms with van der Waals surface area (Å²) >= 11 is 0. The number of para-hydroxylation sites is 4. The summed E-state index contributed by atoms with van der Waals surface area (Å²) in [5.74, 6) is 0. The molecule has 4 aromatic heterocycles. The number of rotatable bonds is 3. The lowest BCUT2D eigenvalue weighted by molar-refractivity contribution is 0.666. The first-order valence-electron chi connectivity index (χ1n) is 15.2. The Morgan fingerprint density at radius 2 is 1.09 bits per heavy atom. The van der Waals surface area contributed by atoms with E-state index in [9.17, 15) is 0 Å². The van der Waals surface area contributed by atoms with E-state index >= 15 is 0 Å². The van der Waals surface area contributed by atoms with Crippen molar-refractivity contribution in [3.8, 4) is 22.5 Å². The zero-order chi connectivity index (χ0) is 29.5. The molecule has 0 atom stereocenters. The van der Waals surface area contributed by atoms with E-state index in [-0.39, 0.29) is 0 Å². The quantitative estimate of drug-likeness (QED) is 0.210. The van der Waals surface area contributed by atoms with Crippen molar-refractivity contribution in [2.45, 2.75) is 0 Å². The van der Waals surface area contributed by atoms with Crippen LogP contribution < -0.4 is 0 Å². The van der Waals surface area contributed by atoms with Gasteiger partial charge in [0.25, 0.3) is 0 Å². The Kier molecular flexibility index (Phi) is 4.96. The van der Waals surface area contributed by atoms with Crippen molar-refractivity contribution in [1.29, 1.82) is 0 Å². The van der Waals surface area contributed by atoms with E-state index in [0.717, 1.165) is 44.0 Å². The smallest absolute Gasteiger partial charge is 0.159 e. The summed E-state index contributed by atoms with van der Waals surface area (Å²) in [6.07, 6.45) is 3.84. The minimum atomic E-state index is 0.880. The highest BCUT2D eigenvalue weighted by Gasteiger charge is 2.19. The maximum absolute atomic E-state index is 6.46. The number of hydrogen-bond donors (Lipinski definition) is 0. The molecule has 6 aromatic carbocycles. The summed E-state index contributed by atoms with van der Waals surface area (Å²) in [6.45, 7) is 0. The highest BCUT2D eigenvalue weighted by atomic mass is 16.3. The molecule has 0 bridgehead atoms. The van der Waals surface area contributed by atoms with Crippen molar-refractivity contribution in [1.82, 2.24) is 14.1 Å². The van der Waals surface area contributed by atoms with Gasteiger partial charge >= 0.3 is 0 Å². The van der Waals surface area contributed by atoms with Gasteiger partial charge in [0.05, 0.1) is 34.0 Å². The van der Waals surface area contributed by atoms with Gasteiger partial charge in [-0.25, -0.2) is 0 Å². The SMILES string of the molecule is c1ccc(-n2c3ccccc3c3cc(-c4ccc5c(c4)c4ccncc4n5-c4cccc5c4oc4ccccc45)ccc32)cc1. The molecule has 4 heteroatoms. The van der Waals surface area contributed by atoms with Crippen LogP contribution in [0.25, 0.3) is 88.1 Å². The molecule has 0 N–H and O–H groups in total. The van der Waals surface area contributed by atoms with Crippen molar-refractivity contribution in [2.75, 3.05) is 0 Å². The van der Waals surface area contributed by atoms with Crippen LogP contribution >= 0.6 is 0 Å². The average Bonchev–Trinajstić information content (AvgIpc) is 3.76. The molecule has 0 saturated carbocycles. The molecule has 0 aliphatic carbocycles. The molecule has 0 unspecified atom stereocenters. The van der Waals surface area contributed by atoms with Gasteiger partial charge < -0.3 is 13.6 Å². The van der Waals surface area contributed by atoms with Gasteiger partial charge in [0, 0.05) is 44.2 Å². The molecule has 0 aliphatic rings. The fourth-order valence-electron chi connectivity index (χ4n) is 7.22. The fourth-order valence-corrected chi connectivity index (χ4v) is 7.22. The zero-order valence-corrected chi connectivity index (χ0v) is 24.2. The Hall–Kier alpha value is -6.13. The third kappa shape index (κ3) is 3.45. The summed E-state index contributed by atoms with van der Waals surface area (Å²) in [5, 5.41) is 7.08. The van der Waals surface area contributed by atoms with Crippen LogP contribution in [-0.4, -0.2) is 14.1 Å². The van der Waals surface area contributed by atoms with E-state index in [1.807, 2.05) is 24.5 Å². The predicted molar refractivity (Wildman–Crippen MR) is 186 cm³/mol. The molecule has 0 fully saturated rings. The number of furan rings is 1. The van der Waals surface area contributed by atoms with Gasteiger partial charge in [0.2, 0.25) is 0 Å². The van der Waals surface area contributed by atoms with Crippen molar-refractivity contribution >= 4 is 65.6 Å². The van der Waals surface area contributed by atoms with Crippen molar-refractivity contribution in [3.63, 3.8) is 0 Å². The molecule has 0 saturated heterocycles. The summed E-state index contributed by atoms with van der Waals surface area (Å²) in [4.78, 5) is 4.53. The first kappa shape index (κ1) is 24.3. The Bertz CT molecular complexity index is 2760. The lowest BCUT2D eigenvalue weighted by Gasteiger charge is -2.09. The zero-order valence-electron chi connectivity index (χ0n) is 24.2. The van der Waals surface area contributed by atoms with Crippen LogP contribution in [0.2, 0.25) is 0 Å². The summed E-state index contributed by atoms with van der Waals surface area (Å²) in [6, 6.07) is 49.7. The maximum atomic E-state index is 6.46. The maximum Gasteiger partial charge on any atom is 0.159 e. The second-order valence-electron chi connectivity index (χ2n) is 11.6. The Morgan fingerprint density at radius 1 is 0.444 bits per heavy atom. The molecule has 10 rings (SSSR count). The number of pyridine rings is 1. The van der Waals surface area contributed by atoms with E-state index in [1.165, 1.54) is 44.0 Å². The lowest BCUT2D eigenvalue weighted by atomic mass is 10.0. The third-order valence-electron chi connectivity index (χ3n) is 9.21. The highest BCUT2D eigenvalue weighted by Crippen LogP contribution is 2.40. The summed E-state index contributed by atoms with van der Waals surface area (Å²) in [5.41, 5.74) is 10.9. The van der Waals surface area contributed by atoms with Gasteiger partial charge in [-0.05, 0) is 71.8 Å². The number of fused-ring (bicyclic) bond motifs is 9. The second kappa shape index (κ2) is 9.18. The van der Waals surface area contributed by atoms with E-state index in [0.29, 0.717) is 0 Å². The second-order valence-corrected chi connectivity index (χ2v) is 11.6. The fraction of sp³-hybridized carbons (Fsp3) is 0. The average molecular weight is 576 g/mol. The molecule has 0 amide bonds. The van der Waals surface area contributed by atoms with Gasteiger partial charge in [-0.3, -0.25) is 4.98 Å². The Labute approximate surface area is 258 Å². The summed E-state index contributed by atoms with van der Waals surface area (Å²) < 4.78 is 11.1. The molecular formula is C41H25N3O. The van der Waals surface area contributed by atoms with E-state index < -0.39 is 0 Å². The molecule has 4 heterocycles. The molecule has 210 valence electrons. The highest BCUT2D eigenvalue weighted by molar-refractivity contribution is 6.14. The van der Waals surface area contributed by atoms with Crippen LogP contribution in [0.1, 0.15) is 0 Å². The van der Waals surface area contributed by atoms with Crippen molar-refractivity contribution < 1.29 is 4.42 Å². The Balaban J connectivity index is 1.20. The van der Waals surface area contributed by atoms with Crippen LogP contribution in [0, 0.1) is 0 Å². The van der Waals surface area contributed by atoms with Gasteiger partial charge in [0.15, 0.2) is 5.58 Å². The van der Waals surface area contributed by atoms with Crippen LogP contribution in [0.3, 0.4) is 0 Å². The standard InChI is InChI=1S/C41H25N3O/c1-2-9-28(10-3-1)43-35-14-6-4-11-29(35)33-23-26(17-19-36(33)43)27-18-20-37-34(24-27)30-21-22-42-25-39(30)44(37)38-15-8-13-32-31-12-5-7-16-40(31)45-41(32)38/h1-25H. The first-order chi connectivity index (χ1) is 22.3. The van der Waals surface area contributed by atoms with Crippen molar-refractivity contribution in [2.24, 2.45) is 0 Å². The molecule has 4 nitrogen and oxygen atoms in total. The molecule has 0 radical (unpaired) electrons. The van der Waals surface area contributed by atoms with Crippen LogP contribution in [-0.2, 0) is 0 Å².